The number of hydrogen-bond acceptors (Lipinski definition) is 2. The topological polar surface area (TPSA) is 29.5 Å². The van der Waals surface area contributed by atoms with Crippen molar-refractivity contribution in [3.05, 3.63) is 12.2 Å². The minimum absolute atomic E-state index is 0.127. The van der Waals surface area contributed by atoms with E-state index in [0.717, 1.165) is 19.5 Å². The predicted molar refractivity (Wildman–Crippen MR) is 65.2 cm³/mol. The molecule has 16 heavy (non-hydrogen) atoms. The molecule has 3 heteroatoms. The van der Waals surface area contributed by atoms with Crippen molar-refractivity contribution in [2.75, 3.05) is 26.8 Å². The number of likely N-dealkylation sites (tertiary alicyclic amines) is 1. The van der Waals surface area contributed by atoms with E-state index in [-0.39, 0.29) is 5.91 Å². The van der Waals surface area contributed by atoms with Gasteiger partial charge in [-0.15, -0.1) is 0 Å². The van der Waals surface area contributed by atoms with Crippen LogP contribution in [0.25, 0.3) is 0 Å². The first kappa shape index (κ1) is 13.2. The molecule has 1 saturated heterocycles. The minimum atomic E-state index is 0.127. The molecule has 1 fully saturated rings. The highest BCUT2D eigenvalue weighted by atomic mass is 16.5. The van der Waals surface area contributed by atoms with Crippen LogP contribution in [0.3, 0.4) is 0 Å². The summed E-state index contributed by atoms with van der Waals surface area (Å²) in [7, 11) is 1.63. The molecule has 1 aliphatic heterocycles. The third-order valence-electron chi connectivity index (χ3n) is 3.24. The van der Waals surface area contributed by atoms with Crippen LogP contribution in [0.5, 0.6) is 0 Å². The molecule has 0 aromatic carbocycles. The Hall–Kier alpha value is -0.830. The maximum atomic E-state index is 11.8. The first-order valence-corrected chi connectivity index (χ1v) is 6.09. The van der Waals surface area contributed by atoms with Crippen LogP contribution in [0.1, 0.15) is 26.7 Å². The van der Waals surface area contributed by atoms with Gasteiger partial charge in [0, 0.05) is 26.3 Å². The van der Waals surface area contributed by atoms with Crippen molar-refractivity contribution in [3.8, 4) is 0 Å². The standard InChI is InChI=1S/C13H23NO2/c1-11(2)12-6-4-8-14(10-12)13(15)7-5-9-16-3/h5,7,11-12H,4,6,8-10H2,1-3H3/b7-5+. The smallest absolute Gasteiger partial charge is 0.246 e. The average molecular weight is 225 g/mol. The van der Waals surface area contributed by atoms with E-state index in [1.165, 1.54) is 6.42 Å². The van der Waals surface area contributed by atoms with Gasteiger partial charge in [-0.1, -0.05) is 19.9 Å². The van der Waals surface area contributed by atoms with Crippen LogP contribution in [0.15, 0.2) is 12.2 Å². The molecule has 1 atom stereocenters. The lowest BCUT2D eigenvalue weighted by Crippen LogP contribution is -2.40. The fraction of sp³-hybridized carbons (Fsp3) is 0.769. The second-order valence-corrected chi connectivity index (χ2v) is 4.79. The molecular formula is C13H23NO2. The lowest BCUT2D eigenvalue weighted by molar-refractivity contribution is -0.128. The van der Waals surface area contributed by atoms with Gasteiger partial charge in [-0.2, -0.15) is 0 Å². The number of methoxy groups -OCH3 is 1. The quantitative estimate of drug-likeness (QED) is 0.686. The van der Waals surface area contributed by atoms with Crippen molar-refractivity contribution < 1.29 is 9.53 Å². The number of amides is 1. The molecule has 0 N–H and O–H groups in total. The van der Waals surface area contributed by atoms with Crippen LogP contribution in [0.4, 0.5) is 0 Å². The van der Waals surface area contributed by atoms with Gasteiger partial charge in [-0.25, -0.2) is 0 Å². The zero-order valence-electron chi connectivity index (χ0n) is 10.6. The van der Waals surface area contributed by atoms with E-state index in [2.05, 4.69) is 13.8 Å². The Balaban J connectivity index is 2.44. The summed E-state index contributed by atoms with van der Waals surface area (Å²) in [5, 5.41) is 0. The highest BCUT2D eigenvalue weighted by Crippen LogP contribution is 2.23. The van der Waals surface area contributed by atoms with Crippen LogP contribution in [-0.4, -0.2) is 37.6 Å². The fourth-order valence-corrected chi connectivity index (χ4v) is 2.10. The molecule has 1 heterocycles. The van der Waals surface area contributed by atoms with Crippen molar-refractivity contribution >= 4 is 5.91 Å². The highest BCUT2D eigenvalue weighted by molar-refractivity contribution is 5.87. The zero-order chi connectivity index (χ0) is 12.0. The largest absolute Gasteiger partial charge is 0.381 e. The van der Waals surface area contributed by atoms with E-state index in [9.17, 15) is 4.79 Å². The number of ether oxygens (including phenoxy) is 1. The number of carbonyl (C=O) groups is 1. The zero-order valence-corrected chi connectivity index (χ0v) is 10.6. The lowest BCUT2D eigenvalue weighted by Gasteiger charge is -2.34. The predicted octanol–water partition coefficient (Wildman–Crippen LogP) is 2.08. The van der Waals surface area contributed by atoms with Gasteiger partial charge in [-0.05, 0) is 24.7 Å². The lowest BCUT2D eigenvalue weighted by atomic mass is 9.88. The Morgan fingerprint density at radius 3 is 2.94 bits per heavy atom. The fourth-order valence-electron chi connectivity index (χ4n) is 2.10. The third-order valence-corrected chi connectivity index (χ3v) is 3.24. The van der Waals surface area contributed by atoms with Crippen molar-refractivity contribution in [3.63, 3.8) is 0 Å². The molecule has 92 valence electrons. The Bertz CT molecular complexity index is 248. The molecule has 0 aromatic rings. The van der Waals surface area contributed by atoms with Gasteiger partial charge in [0.2, 0.25) is 5.91 Å². The van der Waals surface area contributed by atoms with Crippen molar-refractivity contribution in [2.45, 2.75) is 26.7 Å². The van der Waals surface area contributed by atoms with Gasteiger partial charge in [0.15, 0.2) is 0 Å². The van der Waals surface area contributed by atoms with Gasteiger partial charge in [-0.3, -0.25) is 4.79 Å². The number of carbonyl (C=O) groups excluding carboxylic acids is 1. The average Bonchev–Trinajstić information content (AvgIpc) is 2.29. The molecule has 1 amide bonds. The van der Waals surface area contributed by atoms with Crippen LogP contribution in [0.2, 0.25) is 0 Å². The third kappa shape index (κ3) is 3.97. The SMILES string of the molecule is COC/C=C/C(=O)N1CCCC(C(C)C)C1. The molecule has 3 nitrogen and oxygen atoms in total. The van der Waals surface area contributed by atoms with Crippen LogP contribution in [-0.2, 0) is 9.53 Å². The molecule has 0 aromatic heterocycles. The summed E-state index contributed by atoms with van der Waals surface area (Å²) in [6, 6.07) is 0. The molecule has 0 spiro atoms. The Kier molecular flexibility index (Phi) is 5.53. The number of piperidine rings is 1. The summed E-state index contributed by atoms with van der Waals surface area (Å²) in [5.74, 6) is 1.45. The van der Waals surface area contributed by atoms with E-state index in [1.807, 2.05) is 4.90 Å². The number of rotatable bonds is 4. The van der Waals surface area contributed by atoms with Crippen LogP contribution < -0.4 is 0 Å². The Labute approximate surface area is 98.5 Å². The van der Waals surface area contributed by atoms with Crippen molar-refractivity contribution in [1.82, 2.24) is 4.90 Å². The van der Waals surface area contributed by atoms with Gasteiger partial charge in [0.25, 0.3) is 0 Å². The van der Waals surface area contributed by atoms with Gasteiger partial charge < -0.3 is 9.64 Å². The summed E-state index contributed by atoms with van der Waals surface area (Å²) in [6.45, 7) is 6.79. The van der Waals surface area contributed by atoms with Crippen molar-refractivity contribution in [1.29, 1.82) is 0 Å². The molecule has 1 aliphatic rings. The molecule has 1 rings (SSSR count). The normalized spacial score (nSPS) is 22.0. The summed E-state index contributed by atoms with van der Waals surface area (Å²) >= 11 is 0. The summed E-state index contributed by atoms with van der Waals surface area (Å²) in [4.78, 5) is 13.8. The van der Waals surface area contributed by atoms with Gasteiger partial charge in [0.1, 0.15) is 0 Å². The summed E-state index contributed by atoms with van der Waals surface area (Å²) in [5.41, 5.74) is 0. The first-order valence-electron chi connectivity index (χ1n) is 6.09. The Morgan fingerprint density at radius 1 is 1.56 bits per heavy atom. The Morgan fingerprint density at radius 2 is 2.31 bits per heavy atom. The van der Waals surface area contributed by atoms with E-state index < -0.39 is 0 Å². The second kappa shape index (κ2) is 6.69. The summed E-state index contributed by atoms with van der Waals surface area (Å²) in [6.07, 6.45) is 5.80. The molecule has 0 saturated carbocycles. The monoisotopic (exact) mass is 225 g/mol. The number of hydrogen-bond donors (Lipinski definition) is 0. The van der Waals surface area contributed by atoms with E-state index >= 15 is 0 Å². The van der Waals surface area contributed by atoms with Gasteiger partial charge >= 0.3 is 0 Å². The molecule has 0 bridgehead atoms. The van der Waals surface area contributed by atoms with E-state index in [4.69, 9.17) is 4.74 Å². The highest BCUT2D eigenvalue weighted by Gasteiger charge is 2.24. The second-order valence-electron chi connectivity index (χ2n) is 4.79. The number of nitrogens with zero attached hydrogens (tertiary/aromatic N) is 1. The molecular weight excluding hydrogens is 202 g/mol. The molecule has 1 unspecified atom stereocenters. The molecule has 0 aliphatic carbocycles. The minimum Gasteiger partial charge on any atom is -0.381 e. The van der Waals surface area contributed by atoms with Crippen molar-refractivity contribution in [2.24, 2.45) is 11.8 Å². The van der Waals surface area contributed by atoms with E-state index in [1.54, 1.807) is 19.3 Å². The maximum Gasteiger partial charge on any atom is 0.246 e. The first-order chi connectivity index (χ1) is 7.65. The summed E-state index contributed by atoms with van der Waals surface area (Å²) < 4.78 is 4.88. The molecule has 0 radical (unpaired) electrons. The van der Waals surface area contributed by atoms with Crippen LogP contribution >= 0.6 is 0 Å². The van der Waals surface area contributed by atoms with Crippen LogP contribution in [0, 0.1) is 11.8 Å². The maximum absolute atomic E-state index is 11.8. The van der Waals surface area contributed by atoms with Gasteiger partial charge in [0.05, 0.1) is 6.61 Å². The van der Waals surface area contributed by atoms with E-state index in [0.29, 0.717) is 18.4 Å².